The Balaban J connectivity index is 1.68. The minimum atomic E-state index is -0.490. The first-order valence-corrected chi connectivity index (χ1v) is 8.41. The van der Waals surface area contributed by atoms with Gasteiger partial charge in [0.25, 0.3) is 0 Å². The third-order valence-electron chi connectivity index (χ3n) is 4.09. The number of esters is 1. The van der Waals surface area contributed by atoms with Crippen molar-refractivity contribution < 1.29 is 14.3 Å². The van der Waals surface area contributed by atoms with Crippen molar-refractivity contribution in [3.05, 3.63) is 57.3 Å². The summed E-state index contributed by atoms with van der Waals surface area (Å²) in [7, 11) is 0. The maximum absolute atomic E-state index is 12.4. The Morgan fingerprint density at radius 2 is 2.00 bits per heavy atom. The monoisotopic (exact) mass is 375 g/mol. The van der Waals surface area contributed by atoms with Gasteiger partial charge in [0.15, 0.2) is 6.61 Å². The molecule has 23 heavy (non-hydrogen) atoms. The van der Waals surface area contributed by atoms with Gasteiger partial charge in [-0.15, -0.1) is 0 Å². The molecule has 3 rings (SSSR count). The molecule has 0 spiro atoms. The molecule has 1 saturated carbocycles. The molecule has 4 nitrogen and oxygen atoms in total. The van der Waals surface area contributed by atoms with Gasteiger partial charge < -0.3 is 9.30 Å². The Kier molecular flexibility index (Phi) is 4.39. The van der Waals surface area contributed by atoms with Gasteiger partial charge in [0.1, 0.15) is 0 Å². The van der Waals surface area contributed by atoms with Gasteiger partial charge in [0, 0.05) is 27.5 Å². The predicted octanol–water partition coefficient (Wildman–Crippen LogP) is 4.24. The number of rotatable bonds is 5. The van der Waals surface area contributed by atoms with Crippen LogP contribution in [0.4, 0.5) is 0 Å². The highest BCUT2D eigenvalue weighted by molar-refractivity contribution is 9.10. The van der Waals surface area contributed by atoms with E-state index in [9.17, 15) is 9.59 Å². The molecule has 1 heterocycles. The zero-order valence-electron chi connectivity index (χ0n) is 13.1. The average Bonchev–Trinajstić information content (AvgIpc) is 3.30. The number of hydrogen-bond acceptors (Lipinski definition) is 3. The van der Waals surface area contributed by atoms with Gasteiger partial charge in [-0.05, 0) is 51.0 Å². The molecule has 1 fully saturated rings. The van der Waals surface area contributed by atoms with Gasteiger partial charge in [0.05, 0.1) is 5.56 Å². The summed E-state index contributed by atoms with van der Waals surface area (Å²) in [6.45, 7) is 3.73. The largest absolute Gasteiger partial charge is 0.454 e. The lowest BCUT2D eigenvalue weighted by Gasteiger charge is -2.08. The summed E-state index contributed by atoms with van der Waals surface area (Å²) in [5.41, 5.74) is 3.13. The lowest BCUT2D eigenvalue weighted by Crippen LogP contribution is -2.15. The minimum Gasteiger partial charge on any atom is -0.454 e. The quantitative estimate of drug-likeness (QED) is 0.579. The smallest absolute Gasteiger partial charge is 0.338 e. The first kappa shape index (κ1) is 16.0. The minimum absolute atomic E-state index is 0.159. The van der Waals surface area contributed by atoms with Gasteiger partial charge in [-0.25, -0.2) is 4.79 Å². The van der Waals surface area contributed by atoms with Crippen molar-refractivity contribution in [1.29, 1.82) is 0 Å². The van der Waals surface area contributed by atoms with Crippen LogP contribution in [0.2, 0.25) is 0 Å². The van der Waals surface area contributed by atoms with E-state index in [0.717, 1.165) is 15.9 Å². The van der Waals surface area contributed by atoms with Crippen molar-refractivity contribution in [2.75, 3.05) is 6.61 Å². The van der Waals surface area contributed by atoms with Crippen LogP contribution in [0.3, 0.4) is 0 Å². The lowest BCUT2D eigenvalue weighted by molar-refractivity contribution is 0.0474. The van der Waals surface area contributed by atoms with Crippen LogP contribution in [0.25, 0.3) is 0 Å². The van der Waals surface area contributed by atoms with E-state index in [2.05, 4.69) is 20.5 Å². The number of aromatic nitrogens is 1. The zero-order chi connectivity index (χ0) is 16.6. The molecule has 1 aromatic heterocycles. The molecule has 0 atom stereocenters. The molecule has 1 aliphatic carbocycles. The topological polar surface area (TPSA) is 48.3 Å². The molecule has 120 valence electrons. The van der Waals surface area contributed by atoms with Crippen molar-refractivity contribution >= 4 is 27.7 Å². The van der Waals surface area contributed by atoms with E-state index in [-0.39, 0.29) is 12.4 Å². The predicted molar refractivity (Wildman–Crippen MR) is 90.9 cm³/mol. The van der Waals surface area contributed by atoms with E-state index in [0.29, 0.717) is 17.2 Å². The molecule has 0 unspecified atom stereocenters. The van der Waals surface area contributed by atoms with E-state index < -0.39 is 5.97 Å². The van der Waals surface area contributed by atoms with Crippen LogP contribution in [0.5, 0.6) is 0 Å². The highest BCUT2D eigenvalue weighted by Crippen LogP contribution is 2.38. The second kappa shape index (κ2) is 6.32. The fourth-order valence-corrected chi connectivity index (χ4v) is 3.26. The van der Waals surface area contributed by atoms with Crippen LogP contribution in [0, 0.1) is 13.8 Å². The fourth-order valence-electron chi connectivity index (χ4n) is 2.86. The summed E-state index contributed by atoms with van der Waals surface area (Å²) in [5, 5.41) is 0. The molecular formula is C18H18BrNO3. The third kappa shape index (κ3) is 3.39. The second-order valence-electron chi connectivity index (χ2n) is 5.90. The summed E-state index contributed by atoms with van der Waals surface area (Å²) in [5.74, 6) is -0.649. The van der Waals surface area contributed by atoms with Crippen molar-refractivity contribution in [3.63, 3.8) is 0 Å². The van der Waals surface area contributed by atoms with Crippen LogP contribution in [0.15, 0.2) is 34.8 Å². The molecule has 0 amide bonds. The number of ether oxygens (including phenoxy) is 1. The fraction of sp³-hybridized carbons (Fsp3) is 0.333. The van der Waals surface area contributed by atoms with Crippen LogP contribution in [-0.4, -0.2) is 22.9 Å². The summed E-state index contributed by atoms with van der Waals surface area (Å²) < 4.78 is 8.17. The molecule has 0 bridgehead atoms. The lowest BCUT2D eigenvalue weighted by atomic mass is 10.1. The van der Waals surface area contributed by atoms with E-state index in [1.165, 1.54) is 12.8 Å². The van der Waals surface area contributed by atoms with Crippen LogP contribution in [0.1, 0.15) is 51.0 Å². The SMILES string of the molecule is Cc1cc(C(=O)COC(=O)c2cccc(Br)c2)c(C)n1C1CC1. The summed E-state index contributed by atoms with van der Waals surface area (Å²) >= 11 is 3.31. The number of halogens is 1. The van der Waals surface area contributed by atoms with Crippen molar-refractivity contribution in [3.8, 4) is 0 Å². The standard InChI is InChI=1S/C18H18BrNO3/c1-11-8-16(12(2)20(11)15-6-7-15)17(21)10-23-18(22)13-4-3-5-14(19)9-13/h3-5,8-9,15H,6-7,10H2,1-2H3. The first-order valence-electron chi connectivity index (χ1n) is 7.61. The van der Waals surface area contributed by atoms with Crippen LogP contribution in [-0.2, 0) is 4.74 Å². The zero-order valence-corrected chi connectivity index (χ0v) is 14.7. The number of aryl methyl sites for hydroxylation is 1. The maximum Gasteiger partial charge on any atom is 0.338 e. The van der Waals surface area contributed by atoms with Gasteiger partial charge in [-0.3, -0.25) is 4.79 Å². The number of ketones is 1. The number of nitrogens with zero attached hydrogens (tertiary/aromatic N) is 1. The van der Waals surface area contributed by atoms with E-state index >= 15 is 0 Å². The molecule has 0 saturated heterocycles. The number of hydrogen-bond donors (Lipinski definition) is 0. The molecule has 1 aromatic carbocycles. The summed E-state index contributed by atoms with van der Waals surface area (Å²) in [6, 6.07) is 9.34. The Morgan fingerprint density at radius 3 is 2.65 bits per heavy atom. The number of carbonyl (C=O) groups is 2. The maximum atomic E-state index is 12.4. The molecule has 0 radical (unpaired) electrons. The molecule has 5 heteroatoms. The summed E-state index contributed by atoms with van der Waals surface area (Å²) in [6.07, 6.45) is 2.34. The van der Waals surface area contributed by atoms with Crippen molar-refractivity contribution in [2.45, 2.75) is 32.7 Å². The molecule has 2 aromatic rings. The summed E-state index contributed by atoms with van der Waals surface area (Å²) in [4.78, 5) is 24.4. The van der Waals surface area contributed by atoms with Crippen molar-refractivity contribution in [1.82, 2.24) is 4.57 Å². The molecule has 0 N–H and O–H groups in total. The van der Waals surface area contributed by atoms with Gasteiger partial charge >= 0.3 is 5.97 Å². The Labute approximate surface area is 143 Å². The van der Waals surface area contributed by atoms with Gasteiger partial charge in [0.2, 0.25) is 5.78 Å². The van der Waals surface area contributed by atoms with Crippen LogP contribution < -0.4 is 0 Å². The van der Waals surface area contributed by atoms with Gasteiger partial charge in [-0.1, -0.05) is 22.0 Å². The number of benzene rings is 1. The first-order chi connectivity index (χ1) is 11.0. The highest BCUT2D eigenvalue weighted by atomic mass is 79.9. The molecule has 1 aliphatic rings. The van der Waals surface area contributed by atoms with E-state index in [4.69, 9.17) is 4.74 Å². The Hall–Kier alpha value is -1.88. The van der Waals surface area contributed by atoms with E-state index in [1.54, 1.807) is 18.2 Å². The molecular weight excluding hydrogens is 358 g/mol. The van der Waals surface area contributed by atoms with Crippen molar-refractivity contribution in [2.24, 2.45) is 0 Å². The second-order valence-corrected chi connectivity index (χ2v) is 6.81. The average molecular weight is 376 g/mol. The molecule has 0 aliphatic heterocycles. The Morgan fingerprint density at radius 1 is 1.26 bits per heavy atom. The van der Waals surface area contributed by atoms with Crippen LogP contribution >= 0.6 is 15.9 Å². The van der Waals surface area contributed by atoms with E-state index in [1.807, 2.05) is 26.0 Å². The third-order valence-corrected chi connectivity index (χ3v) is 4.58. The normalized spacial score (nSPS) is 13.9. The van der Waals surface area contributed by atoms with Gasteiger partial charge in [-0.2, -0.15) is 0 Å². The number of Topliss-reactive ketones (excluding diaryl/α,β-unsaturated/α-hetero) is 1. The Bertz CT molecular complexity index is 775. The highest BCUT2D eigenvalue weighted by Gasteiger charge is 2.28. The number of carbonyl (C=O) groups excluding carboxylic acids is 2.